The van der Waals surface area contributed by atoms with Crippen molar-refractivity contribution in [3.05, 3.63) is 52.1 Å². The van der Waals surface area contributed by atoms with Gasteiger partial charge in [0.05, 0.1) is 4.47 Å². The van der Waals surface area contributed by atoms with Crippen LogP contribution in [0.5, 0.6) is 11.6 Å². The van der Waals surface area contributed by atoms with Gasteiger partial charge in [-0.05, 0) is 46.6 Å². The van der Waals surface area contributed by atoms with Gasteiger partial charge in [-0.25, -0.2) is 4.98 Å². The van der Waals surface area contributed by atoms with E-state index < -0.39 is 0 Å². The average Bonchev–Trinajstić information content (AvgIpc) is 2.33. The van der Waals surface area contributed by atoms with Crippen LogP contribution in [-0.4, -0.2) is 4.98 Å². The molecule has 17 heavy (non-hydrogen) atoms. The molecule has 0 unspecified atom stereocenters. The highest BCUT2D eigenvalue weighted by molar-refractivity contribution is 9.10. The van der Waals surface area contributed by atoms with E-state index in [0.29, 0.717) is 17.3 Å². The smallest absolute Gasteiger partial charge is 0.220 e. The number of hydrogen-bond donors (Lipinski definition) is 0. The van der Waals surface area contributed by atoms with E-state index in [1.807, 2.05) is 31.2 Å². The van der Waals surface area contributed by atoms with Crippen LogP contribution in [0.3, 0.4) is 0 Å². The summed E-state index contributed by atoms with van der Waals surface area (Å²) in [5.41, 5.74) is 1.48. The van der Waals surface area contributed by atoms with Gasteiger partial charge in [-0.2, -0.15) is 5.26 Å². The SMILES string of the molecule is Cc1ccc(Oc2cccc(C#N)n2)c(Br)c1. The molecule has 0 saturated carbocycles. The highest BCUT2D eigenvalue weighted by atomic mass is 79.9. The number of nitrogens with zero attached hydrogens (tertiary/aromatic N) is 2. The lowest BCUT2D eigenvalue weighted by atomic mass is 10.2. The predicted octanol–water partition coefficient (Wildman–Crippen LogP) is 3.82. The number of nitriles is 1. The Morgan fingerprint density at radius 2 is 2.12 bits per heavy atom. The Morgan fingerprint density at radius 1 is 1.29 bits per heavy atom. The van der Waals surface area contributed by atoms with E-state index in [1.54, 1.807) is 18.2 Å². The van der Waals surface area contributed by atoms with Crippen LogP contribution in [0, 0.1) is 18.3 Å². The quantitative estimate of drug-likeness (QED) is 0.844. The molecule has 84 valence electrons. The molecule has 0 spiro atoms. The minimum Gasteiger partial charge on any atom is -0.438 e. The highest BCUT2D eigenvalue weighted by Crippen LogP contribution is 2.29. The fourth-order valence-corrected chi connectivity index (χ4v) is 1.91. The van der Waals surface area contributed by atoms with E-state index in [4.69, 9.17) is 10.00 Å². The third kappa shape index (κ3) is 2.83. The van der Waals surface area contributed by atoms with Crippen LogP contribution in [0.4, 0.5) is 0 Å². The van der Waals surface area contributed by atoms with Gasteiger partial charge >= 0.3 is 0 Å². The van der Waals surface area contributed by atoms with E-state index in [0.717, 1.165) is 10.0 Å². The minimum atomic E-state index is 0.339. The summed E-state index contributed by atoms with van der Waals surface area (Å²) in [7, 11) is 0. The molecule has 1 aromatic heterocycles. The van der Waals surface area contributed by atoms with Crippen LogP contribution >= 0.6 is 15.9 Å². The fourth-order valence-electron chi connectivity index (χ4n) is 1.34. The normalized spacial score (nSPS) is 9.71. The summed E-state index contributed by atoms with van der Waals surface area (Å²) in [6.07, 6.45) is 0. The molecule has 0 N–H and O–H groups in total. The van der Waals surface area contributed by atoms with Gasteiger partial charge in [-0.1, -0.05) is 12.1 Å². The first-order valence-electron chi connectivity index (χ1n) is 5.00. The second-order valence-corrected chi connectivity index (χ2v) is 4.36. The lowest BCUT2D eigenvalue weighted by molar-refractivity contribution is 0.459. The first-order valence-corrected chi connectivity index (χ1v) is 5.79. The summed E-state index contributed by atoms with van der Waals surface area (Å²) in [6, 6.07) is 12.8. The molecule has 0 aliphatic heterocycles. The van der Waals surface area contributed by atoms with E-state index >= 15 is 0 Å². The lowest BCUT2D eigenvalue weighted by Gasteiger charge is -2.07. The fraction of sp³-hybridized carbons (Fsp3) is 0.0769. The van der Waals surface area contributed by atoms with Crippen LogP contribution in [0.15, 0.2) is 40.9 Å². The molecule has 3 nitrogen and oxygen atoms in total. The molecule has 0 saturated heterocycles. The number of hydrogen-bond acceptors (Lipinski definition) is 3. The first kappa shape index (κ1) is 11.6. The van der Waals surface area contributed by atoms with Crippen molar-refractivity contribution < 1.29 is 4.74 Å². The van der Waals surface area contributed by atoms with Crippen LogP contribution in [-0.2, 0) is 0 Å². The largest absolute Gasteiger partial charge is 0.438 e. The second kappa shape index (κ2) is 4.98. The van der Waals surface area contributed by atoms with Gasteiger partial charge in [-0.3, -0.25) is 0 Å². The van der Waals surface area contributed by atoms with Crippen molar-refractivity contribution in [3.8, 4) is 17.7 Å². The van der Waals surface area contributed by atoms with E-state index in [1.165, 1.54) is 0 Å². The average molecular weight is 289 g/mol. The first-order chi connectivity index (χ1) is 8.19. The number of pyridine rings is 1. The van der Waals surface area contributed by atoms with Gasteiger partial charge in [0.25, 0.3) is 0 Å². The Labute approximate surface area is 108 Å². The van der Waals surface area contributed by atoms with Crippen LogP contribution in [0.1, 0.15) is 11.3 Å². The van der Waals surface area contributed by atoms with Crippen molar-refractivity contribution in [1.29, 1.82) is 5.26 Å². The zero-order valence-electron chi connectivity index (χ0n) is 9.14. The molecule has 0 amide bonds. The van der Waals surface area contributed by atoms with Crippen molar-refractivity contribution in [3.63, 3.8) is 0 Å². The van der Waals surface area contributed by atoms with Crippen molar-refractivity contribution in [1.82, 2.24) is 4.98 Å². The zero-order valence-corrected chi connectivity index (χ0v) is 10.7. The molecule has 0 fully saturated rings. The van der Waals surface area contributed by atoms with Gasteiger partial charge < -0.3 is 4.74 Å². The highest BCUT2D eigenvalue weighted by Gasteiger charge is 2.04. The maximum Gasteiger partial charge on any atom is 0.220 e. The number of rotatable bonds is 2. The molecule has 0 bridgehead atoms. The number of aryl methyl sites for hydroxylation is 1. The predicted molar refractivity (Wildman–Crippen MR) is 67.9 cm³/mol. The maximum absolute atomic E-state index is 8.74. The van der Waals surface area contributed by atoms with Gasteiger partial charge in [-0.15, -0.1) is 0 Å². The zero-order chi connectivity index (χ0) is 12.3. The van der Waals surface area contributed by atoms with Crippen molar-refractivity contribution in [2.75, 3.05) is 0 Å². The Balaban J connectivity index is 2.28. The molecular weight excluding hydrogens is 280 g/mol. The number of aromatic nitrogens is 1. The van der Waals surface area contributed by atoms with E-state index in [2.05, 4.69) is 20.9 Å². The summed E-state index contributed by atoms with van der Waals surface area (Å²) in [5, 5.41) is 8.74. The summed E-state index contributed by atoms with van der Waals surface area (Å²) < 4.78 is 6.46. The van der Waals surface area contributed by atoms with Crippen LogP contribution in [0.2, 0.25) is 0 Å². The Kier molecular flexibility index (Phi) is 3.40. The Hall–Kier alpha value is -1.86. The van der Waals surface area contributed by atoms with Gasteiger partial charge in [0.15, 0.2) is 0 Å². The van der Waals surface area contributed by atoms with E-state index in [-0.39, 0.29) is 0 Å². The third-order valence-electron chi connectivity index (χ3n) is 2.14. The summed E-state index contributed by atoms with van der Waals surface area (Å²) in [4.78, 5) is 4.05. The molecular formula is C13H9BrN2O. The summed E-state index contributed by atoms with van der Waals surface area (Å²) in [6.45, 7) is 2.00. The standard InChI is InChI=1S/C13H9BrN2O/c1-9-5-6-12(11(14)7-9)17-13-4-2-3-10(8-15)16-13/h2-7H,1H3. The monoisotopic (exact) mass is 288 g/mol. The Bertz CT molecular complexity index is 590. The number of benzene rings is 1. The molecule has 0 atom stereocenters. The van der Waals surface area contributed by atoms with Crippen molar-refractivity contribution in [2.45, 2.75) is 6.92 Å². The lowest BCUT2D eigenvalue weighted by Crippen LogP contribution is -1.91. The van der Waals surface area contributed by atoms with Crippen molar-refractivity contribution >= 4 is 15.9 Å². The molecule has 0 aliphatic rings. The van der Waals surface area contributed by atoms with Gasteiger partial charge in [0.1, 0.15) is 17.5 Å². The molecule has 0 radical (unpaired) electrons. The topological polar surface area (TPSA) is 45.9 Å². The van der Waals surface area contributed by atoms with Crippen molar-refractivity contribution in [2.24, 2.45) is 0 Å². The maximum atomic E-state index is 8.74. The van der Waals surface area contributed by atoms with Crippen LogP contribution in [0.25, 0.3) is 0 Å². The molecule has 1 aromatic carbocycles. The molecule has 1 heterocycles. The third-order valence-corrected chi connectivity index (χ3v) is 2.76. The summed E-state index contributed by atoms with van der Waals surface area (Å²) in [5.74, 6) is 1.09. The number of ether oxygens (including phenoxy) is 1. The molecule has 0 aliphatic carbocycles. The summed E-state index contributed by atoms with van der Waals surface area (Å²) >= 11 is 3.42. The molecule has 4 heteroatoms. The van der Waals surface area contributed by atoms with Crippen LogP contribution < -0.4 is 4.74 Å². The molecule has 2 aromatic rings. The number of halogens is 1. The molecule has 2 rings (SSSR count). The Morgan fingerprint density at radius 3 is 2.82 bits per heavy atom. The van der Waals surface area contributed by atoms with E-state index in [9.17, 15) is 0 Å². The minimum absolute atomic E-state index is 0.339. The van der Waals surface area contributed by atoms with Gasteiger partial charge in [0.2, 0.25) is 5.88 Å². The second-order valence-electron chi connectivity index (χ2n) is 3.51. The van der Waals surface area contributed by atoms with Gasteiger partial charge in [0, 0.05) is 6.07 Å².